The number of rotatable bonds is 10. The first-order chi connectivity index (χ1) is 20.0. The van der Waals surface area contributed by atoms with Crippen LogP contribution in [0.1, 0.15) is 0 Å². The lowest BCUT2D eigenvalue weighted by molar-refractivity contribution is -0.111. The highest BCUT2D eigenvalue weighted by atomic mass is 19.1. The Kier molecular flexibility index (Phi) is 8.07. The normalized spacial score (nSPS) is 10.8. The molecule has 0 aliphatic rings. The number of halogens is 1. The fourth-order valence-electron chi connectivity index (χ4n) is 4.03. The van der Waals surface area contributed by atoms with Gasteiger partial charge in [-0.25, -0.2) is 14.4 Å². The third-order valence-corrected chi connectivity index (χ3v) is 5.95. The molecule has 5 aromatic rings. The average molecular weight is 553 g/mol. The predicted molar refractivity (Wildman–Crippen MR) is 154 cm³/mol. The van der Waals surface area contributed by atoms with Gasteiger partial charge in [0.25, 0.3) is 5.56 Å². The Morgan fingerprint density at radius 1 is 1.02 bits per heavy atom. The second-order valence-electron chi connectivity index (χ2n) is 8.72. The molecular formula is C30H25FN6O4. The lowest BCUT2D eigenvalue weighted by atomic mass is 10.1. The Bertz CT molecular complexity index is 1790. The van der Waals surface area contributed by atoms with Crippen LogP contribution in [0.3, 0.4) is 0 Å². The van der Waals surface area contributed by atoms with E-state index < -0.39 is 17.3 Å². The summed E-state index contributed by atoms with van der Waals surface area (Å²) >= 11 is 0. The first kappa shape index (κ1) is 27.2. The van der Waals surface area contributed by atoms with Gasteiger partial charge in [0.05, 0.1) is 18.5 Å². The van der Waals surface area contributed by atoms with E-state index in [1.807, 2.05) is 0 Å². The van der Waals surface area contributed by atoms with Crippen molar-refractivity contribution in [3.8, 4) is 22.7 Å². The predicted octanol–water partition coefficient (Wildman–Crippen LogP) is 4.88. The van der Waals surface area contributed by atoms with Gasteiger partial charge in [0.2, 0.25) is 11.9 Å². The van der Waals surface area contributed by atoms with Crippen LogP contribution in [-0.2, 0) is 9.53 Å². The lowest BCUT2D eigenvalue weighted by Gasteiger charge is -2.14. The molecule has 0 fully saturated rings. The van der Waals surface area contributed by atoms with E-state index >= 15 is 0 Å². The van der Waals surface area contributed by atoms with Gasteiger partial charge in [0, 0.05) is 24.0 Å². The molecule has 0 saturated heterocycles. The molecule has 0 aliphatic heterocycles. The minimum Gasteiger partial charge on any atom is -0.491 e. The SMILES string of the molecule is C=CC(=O)Nc1cccc(-n2c(=O)c(-c3ccccc3F)nc3cnc(Nc4ccc(OCCOC)cc4)nc32)c1. The van der Waals surface area contributed by atoms with E-state index in [1.165, 1.54) is 29.0 Å². The summed E-state index contributed by atoms with van der Waals surface area (Å²) in [6.45, 7) is 4.36. The van der Waals surface area contributed by atoms with Gasteiger partial charge in [-0.3, -0.25) is 14.2 Å². The Morgan fingerprint density at radius 3 is 2.59 bits per heavy atom. The maximum atomic E-state index is 14.8. The van der Waals surface area contributed by atoms with E-state index in [1.54, 1.807) is 61.7 Å². The van der Waals surface area contributed by atoms with Crippen LogP contribution in [-0.4, -0.2) is 45.7 Å². The smallest absolute Gasteiger partial charge is 0.283 e. The highest BCUT2D eigenvalue weighted by molar-refractivity contribution is 5.99. The second-order valence-corrected chi connectivity index (χ2v) is 8.72. The average Bonchev–Trinajstić information content (AvgIpc) is 2.98. The lowest BCUT2D eigenvalue weighted by Crippen LogP contribution is -2.24. The highest BCUT2D eigenvalue weighted by Gasteiger charge is 2.19. The molecule has 0 spiro atoms. The van der Waals surface area contributed by atoms with Gasteiger partial charge in [-0.05, 0) is 60.7 Å². The summed E-state index contributed by atoms with van der Waals surface area (Å²) < 4.78 is 26.7. The van der Waals surface area contributed by atoms with E-state index in [0.717, 1.165) is 6.08 Å². The van der Waals surface area contributed by atoms with Gasteiger partial charge in [0.15, 0.2) is 5.65 Å². The fraction of sp³-hybridized carbons (Fsp3) is 0.100. The van der Waals surface area contributed by atoms with Gasteiger partial charge >= 0.3 is 0 Å². The van der Waals surface area contributed by atoms with E-state index in [9.17, 15) is 14.0 Å². The molecule has 2 heterocycles. The van der Waals surface area contributed by atoms with Gasteiger partial charge < -0.3 is 20.1 Å². The standard InChI is InChI=1S/C30H25FN6O4/c1-3-26(38)33-20-7-6-8-21(17-20)37-28-25(35-27(29(37)39)23-9-4-5-10-24(23)31)18-32-30(36-28)34-19-11-13-22(14-12-19)41-16-15-40-2/h3-14,17-18H,1,15-16H2,2H3,(H,33,38)(H,32,34,36). The highest BCUT2D eigenvalue weighted by Crippen LogP contribution is 2.24. The molecule has 0 bridgehead atoms. The largest absolute Gasteiger partial charge is 0.491 e. The molecular weight excluding hydrogens is 527 g/mol. The Labute approximate surface area is 234 Å². The monoisotopic (exact) mass is 552 g/mol. The quantitative estimate of drug-likeness (QED) is 0.186. The van der Waals surface area contributed by atoms with Gasteiger partial charge in [-0.1, -0.05) is 24.8 Å². The van der Waals surface area contributed by atoms with Crippen LogP contribution in [0.15, 0.2) is 96.4 Å². The number of ether oxygens (including phenoxy) is 2. The number of anilines is 3. The van der Waals surface area contributed by atoms with E-state index in [-0.39, 0.29) is 28.4 Å². The summed E-state index contributed by atoms with van der Waals surface area (Å²) in [6, 6.07) is 19.7. The molecule has 2 aromatic heterocycles. The van der Waals surface area contributed by atoms with Crippen molar-refractivity contribution in [1.29, 1.82) is 0 Å². The van der Waals surface area contributed by atoms with Crippen molar-refractivity contribution in [2.24, 2.45) is 0 Å². The van der Waals surface area contributed by atoms with Crippen LogP contribution >= 0.6 is 0 Å². The summed E-state index contributed by atoms with van der Waals surface area (Å²) in [5.74, 6) is -0.127. The van der Waals surface area contributed by atoms with Crippen molar-refractivity contribution in [1.82, 2.24) is 19.5 Å². The molecule has 0 unspecified atom stereocenters. The molecule has 0 aliphatic carbocycles. The molecule has 206 valence electrons. The number of nitrogens with zero attached hydrogens (tertiary/aromatic N) is 4. The molecule has 0 saturated carbocycles. The maximum Gasteiger partial charge on any atom is 0.283 e. The van der Waals surface area contributed by atoms with E-state index in [0.29, 0.717) is 36.0 Å². The number of hydrogen-bond donors (Lipinski definition) is 2. The first-order valence-corrected chi connectivity index (χ1v) is 12.5. The molecule has 11 heteroatoms. The molecule has 10 nitrogen and oxygen atoms in total. The second kappa shape index (κ2) is 12.2. The molecule has 41 heavy (non-hydrogen) atoms. The van der Waals surface area contributed by atoms with Crippen LogP contribution in [0.5, 0.6) is 5.75 Å². The zero-order valence-electron chi connectivity index (χ0n) is 22.0. The number of benzene rings is 3. The molecule has 0 radical (unpaired) electrons. The fourth-order valence-corrected chi connectivity index (χ4v) is 4.03. The molecule has 2 N–H and O–H groups in total. The third-order valence-electron chi connectivity index (χ3n) is 5.95. The zero-order chi connectivity index (χ0) is 28.8. The number of methoxy groups -OCH3 is 1. The number of nitrogens with one attached hydrogen (secondary N) is 2. The topological polar surface area (TPSA) is 120 Å². The Balaban J connectivity index is 1.60. The number of fused-ring (bicyclic) bond motifs is 1. The summed E-state index contributed by atoms with van der Waals surface area (Å²) in [5, 5.41) is 5.79. The summed E-state index contributed by atoms with van der Waals surface area (Å²) in [7, 11) is 1.60. The minimum atomic E-state index is -0.600. The number of carbonyl (C=O) groups excluding carboxylic acids is 1. The summed E-state index contributed by atoms with van der Waals surface area (Å²) in [5.41, 5.74) is 1.26. The van der Waals surface area contributed by atoms with Gasteiger partial charge in [-0.15, -0.1) is 0 Å². The first-order valence-electron chi connectivity index (χ1n) is 12.5. The summed E-state index contributed by atoms with van der Waals surface area (Å²) in [4.78, 5) is 39.2. The maximum absolute atomic E-state index is 14.8. The van der Waals surface area contributed by atoms with E-state index in [4.69, 9.17) is 9.47 Å². The summed E-state index contributed by atoms with van der Waals surface area (Å²) in [6.07, 6.45) is 2.59. The molecule has 5 rings (SSSR count). The minimum absolute atomic E-state index is 0.0410. The number of hydrogen-bond acceptors (Lipinski definition) is 8. The van der Waals surface area contributed by atoms with Crippen molar-refractivity contribution >= 4 is 34.4 Å². The van der Waals surface area contributed by atoms with E-state index in [2.05, 4.69) is 32.2 Å². The van der Waals surface area contributed by atoms with Crippen molar-refractivity contribution in [3.05, 3.63) is 108 Å². The molecule has 0 atom stereocenters. The third kappa shape index (κ3) is 6.10. The van der Waals surface area contributed by atoms with Crippen LogP contribution in [0.2, 0.25) is 0 Å². The Morgan fingerprint density at radius 2 is 1.83 bits per heavy atom. The van der Waals surface area contributed by atoms with Gasteiger partial charge in [0.1, 0.15) is 29.4 Å². The number of aromatic nitrogens is 4. The Hall–Kier alpha value is -5.42. The van der Waals surface area contributed by atoms with Crippen molar-refractivity contribution < 1.29 is 18.7 Å². The van der Waals surface area contributed by atoms with Crippen molar-refractivity contribution in [3.63, 3.8) is 0 Å². The van der Waals surface area contributed by atoms with Crippen molar-refractivity contribution in [2.45, 2.75) is 0 Å². The van der Waals surface area contributed by atoms with Crippen LogP contribution in [0, 0.1) is 5.82 Å². The zero-order valence-corrected chi connectivity index (χ0v) is 22.0. The van der Waals surface area contributed by atoms with Gasteiger partial charge in [-0.2, -0.15) is 4.98 Å². The molecule has 1 amide bonds. The molecule has 3 aromatic carbocycles. The van der Waals surface area contributed by atoms with Crippen molar-refractivity contribution in [2.75, 3.05) is 31.0 Å². The van der Waals surface area contributed by atoms with Crippen LogP contribution in [0.4, 0.5) is 21.7 Å². The number of amides is 1. The van der Waals surface area contributed by atoms with Crippen LogP contribution in [0.25, 0.3) is 28.1 Å². The number of carbonyl (C=O) groups is 1. The van der Waals surface area contributed by atoms with Crippen LogP contribution < -0.4 is 20.9 Å².